The predicted octanol–water partition coefficient (Wildman–Crippen LogP) is 5.58. The summed E-state index contributed by atoms with van der Waals surface area (Å²) in [7, 11) is 0. The van der Waals surface area contributed by atoms with Crippen molar-refractivity contribution in [1.82, 2.24) is 0 Å². The van der Waals surface area contributed by atoms with Gasteiger partial charge in [0, 0.05) is 25.7 Å². The molecule has 0 heterocycles. The maximum Gasteiger partial charge on any atom is 0.308 e. The molecule has 4 heteroatoms. The van der Waals surface area contributed by atoms with Gasteiger partial charge in [0.1, 0.15) is 23.4 Å². The van der Waals surface area contributed by atoms with Crippen molar-refractivity contribution in [3.63, 3.8) is 0 Å². The second kappa shape index (κ2) is 8.62. The first-order chi connectivity index (χ1) is 15.6. The number of rotatable bonds is 5. The fourth-order valence-corrected chi connectivity index (χ4v) is 4.97. The largest absolute Gasteiger partial charge is 0.490 e. The van der Waals surface area contributed by atoms with Crippen LogP contribution in [0.4, 0.5) is 0 Å². The van der Waals surface area contributed by atoms with Crippen LogP contribution in [0.25, 0.3) is 0 Å². The first-order valence-corrected chi connectivity index (χ1v) is 11.2. The maximum absolute atomic E-state index is 11.4. The van der Waals surface area contributed by atoms with Gasteiger partial charge in [0.05, 0.1) is 0 Å². The van der Waals surface area contributed by atoms with Crippen LogP contribution in [0.3, 0.4) is 0 Å². The van der Waals surface area contributed by atoms with Crippen LogP contribution in [-0.4, -0.2) is 17.9 Å². The average molecular weight is 427 g/mol. The lowest BCUT2D eigenvalue weighted by Crippen LogP contribution is -2.33. The number of fused-ring (bicyclic) bond motifs is 1. The summed E-state index contributed by atoms with van der Waals surface area (Å²) in [5.41, 5.74) is 5.08. The molecule has 1 saturated carbocycles. The first-order valence-electron chi connectivity index (χ1n) is 11.2. The zero-order chi connectivity index (χ0) is 22.1. The third kappa shape index (κ3) is 4.18. The molecule has 0 bridgehead atoms. The van der Waals surface area contributed by atoms with Gasteiger partial charge in [0.2, 0.25) is 0 Å². The van der Waals surface area contributed by atoms with E-state index in [1.54, 1.807) is 0 Å². The molecule has 1 fully saturated rings. The zero-order valence-electron chi connectivity index (χ0n) is 18.1. The molecular formula is C28H26O4. The third-order valence-corrected chi connectivity index (χ3v) is 6.52. The Kier molecular flexibility index (Phi) is 5.52. The molecule has 32 heavy (non-hydrogen) atoms. The van der Waals surface area contributed by atoms with Gasteiger partial charge in [-0.15, -0.1) is 0 Å². The van der Waals surface area contributed by atoms with Gasteiger partial charge in [-0.05, 0) is 65.3 Å². The molecule has 162 valence electrons. The third-order valence-electron chi connectivity index (χ3n) is 6.52. The summed E-state index contributed by atoms with van der Waals surface area (Å²) in [5, 5.41) is 0. The number of ketones is 1. The van der Waals surface area contributed by atoms with Gasteiger partial charge in [-0.25, -0.2) is 0 Å². The quantitative estimate of drug-likeness (QED) is 0.395. The van der Waals surface area contributed by atoms with Crippen molar-refractivity contribution in [2.45, 2.75) is 50.5 Å². The maximum atomic E-state index is 11.4. The highest BCUT2D eigenvalue weighted by molar-refractivity contribution is 5.85. The molecule has 4 nitrogen and oxygen atoms in total. The monoisotopic (exact) mass is 426 g/mol. The Morgan fingerprint density at radius 2 is 1.59 bits per heavy atom. The highest BCUT2D eigenvalue weighted by Crippen LogP contribution is 2.47. The molecule has 3 aromatic carbocycles. The van der Waals surface area contributed by atoms with Gasteiger partial charge in [0.25, 0.3) is 0 Å². The van der Waals surface area contributed by atoms with Crippen LogP contribution in [0.2, 0.25) is 0 Å². The number of Topliss-reactive ketones (excluding diaryl/α,β-unsaturated/α-hetero) is 1. The molecule has 0 spiro atoms. The Morgan fingerprint density at radius 1 is 0.875 bits per heavy atom. The molecule has 2 aliphatic carbocycles. The van der Waals surface area contributed by atoms with Crippen molar-refractivity contribution < 1.29 is 19.1 Å². The number of carbonyl (C=O) groups is 2. The van der Waals surface area contributed by atoms with Gasteiger partial charge >= 0.3 is 5.97 Å². The summed E-state index contributed by atoms with van der Waals surface area (Å²) >= 11 is 0. The topological polar surface area (TPSA) is 52.6 Å². The number of carbonyl (C=O) groups excluding carboxylic acids is 2. The SMILES string of the molecule is CC(=O)Oc1ccc2c(c1)CC[C@H](c1ccccc1)[C@@H]2c1ccc(OC2CC(=O)C2)cc1. The van der Waals surface area contributed by atoms with Crippen molar-refractivity contribution in [2.24, 2.45) is 0 Å². The molecule has 0 saturated heterocycles. The van der Waals surface area contributed by atoms with Crippen molar-refractivity contribution in [2.75, 3.05) is 0 Å². The predicted molar refractivity (Wildman–Crippen MR) is 122 cm³/mol. The van der Waals surface area contributed by atoms with Gasteiger partial charge in [-0.2, -0.15) is 0 Å². The Morgan fingerprint density at radius 3 is 2.28 bits per heavy atom. The molecule has 2 aliphatic rings. The second-order valence-corrected chi connectivity index (χ2v) is 8.74. The minimum atomic E-state index is -0.303. The van der Waals surface area contributed by atoms with E-state index in [9.17, 15) is 9.59 Å². The fraction of sp³-hybridized carbons (Fsp3) is 0.286. The van der Waals surface area contributed by atoms with Crippen molar-refractivity contribution >= 4 is 11.8 Å². The summed E-state index contributed by atoms with van der Waals surface area (Å²) in [4.78, 5) is 22.6. The molecule has 3 aromatic rings. The summed E-state index contributed by atoms with van der Waals surface area (Å²) in [5.74, 6) is 1.94. The van der Waals surface area contributed by atoms with Crippen molar-refractivity contribution in [3.05, 3.63) is 95.1 Å². The Hall–Kier alpha value is -3.40. The van der Waals surface area contributed by atoms with Crippen molar-refractivity contribution in [3.8, 4) is 11.5 Å². The lowest BCUT2D eigenvalue weighted by Gasteiger charge is -2.35. The van der Waals surface area contributed by atoms with Crippen LogP contribution in [-0.2, 0) is 16.0 Å². The number of benzene rings is 3. The van der Waals surface area contributed by atoms with E-state index in [0.29, 0.717) is 24.5 Å². The number of hydrogen-bond acceptors (Lipinski definition) is 4. The molecule has 0 radical (unpaired) electrons. The minimum absolute atomic E-state index is 0.0144. The standard InChI is InChI=1S/C28H26O4/c1-18(29)31-24-12-14-27-21(15-24)9-13-26(19-5-3-2-4-6-19)28(27)20-7-10-23(11-8-20)32-25-16-22(30)17-25/h2-8,10-12,14-15,25-26,28H,9,13,16-17H2,1H3/t26-,28+/m1/s1. The highest BCUT2D eigenvalue weighted by Gasteiger charge is 2.33. The molecule has 0 aliphatic heterocycles. The smallest absolute Gasteiger partial charge is 0.308 e. The summed E-state index contributed by atoms with van der Waals surface area (Å²) in [6.45, 7) is 1.43. The fourth-order valence-electron chi connectivity index (χ4n) is 4.97. The van der Waals surface area contributed by atoms with Gasteiger partial charge in [-0.1, -0.05) is 48.5 Å². The van der Waals surface area contributed by atoms with Gasteiger partial charge in [-0.3, -0.25) is 9.59 Å². The highest BCUT2D eigenvalue weighted by atomic mass is 16.5. The van der Waals surface area contributed by atoms with E-state index in [2.05, 4.69) is 48.5 Å². The van der Waals surface area contributed by atoms with Crippen molar-refractivity contribution in [1.29, 1.82) is 0 Å². The van der Waals surface area contributed by atoms with Crippen LogP contribution >= 0.6 is 0 Å². The zero-order valence-corrected chi connectivity index (χ0v) is 18.1. The summed E-state index contributed by atoms with van der Waals surface area (Å²) < 4.78 is 11.3. The van der Waals surface area contributed by atoms with E-state index in [-0.39, 0.29) is 23.8 Å². The average Bonchev–Trinajstić information content (AvgIpc) is 2.78. The normalized spacial score (nSPS) is 20.2. The molecule has 0 unspecified atom stereocenters. The number of hydrogen-bond donors (Lipinski definition) is 0. The molecule has 0 amide bonds. The number of esters is 1. The van der Waals surface area contributed by atoms with E-state index >= 15 is 0 Å². The second-order valence-electron chi connectivity index (χ2n) is 8.74. The Labute approximate surface area is 188 Å². The van der Waals surface area contributed by atoms with E-state index in [4.69, 9.17) is 9.47 Å². The number of ether oxygens (including phenoxy) is 2. The van der Waals surface area contributed by atoms with Crippen LogP contribution in [0.5, 0.6) is 11.5 Å². The van der Waals surface area contributed by atoms with E-state index < -0.39 is 0 Å². The minimum Gasteiger partial charge on any atom is -0.490 e. The van der Waals surface area contributed by atoms with E-state index in [1.807, 2.05) is 24.3 Å². The van der Waals surface area contributed by atoms with E-state index in [0.717, 1.165) is 18.6 Å². The Balaban J connectivity index is 1.48. The van der Waals surface area contributed by atoms with Crippen LogP contribution < -0.4 is 9.47 Å². The first kappa shape index (κ1) is 20.5. The Bertz CT molecular complexity index is 1130. The molecular weight excluding hydrogens is 400 g/mol. The molecule has 0 N–H and O–H groups in total. The molecule has 5 rings (SSSR count). The summed E-state index contributed by atoms with van der Waals surface area (Å²) in [6, 6.07) is 25.0. The summed E-state index contributed by atoms with van der Waals surface area (Å²) in [6.07, 6.45) is 3.00. The van der Waals surface area contributed by atoms with Crippen LogP contribution in [0, 0.1) is 0 Å². The van der Waals surface area contributed by atoms with Crippen LogP contribution in [0.1, 0.15) is 60.3 Å². The lowest BCUT2D eigenvalue weighted by atomic mass is 9.69. The molecule has 0 aromatic heterocycles. The van der Waals surface area contributed by atoms with Gasteiger partial charge in [0.15, 0.2) is 0 Å². The van der Waals surface area contributed by atoms with Gasteiger partial charge < -0.3 is 9.47 Å². The molecule has 2 atom stereocenters. The van der Waals surface area contributed by atoms with Crippen LogP contribution in [0.15, 0.2) is 72.8 Å². The van der Waals surface area contributed by atoms with E-state index in [1.165, 1.54) is 29.2 Å². The number of aryl methyl sites for hydroxylation is 1. The lowest BCUT2D eigenvalue weighted by molar-refractivity contribution is -0.132.